The molecule has 0 amide bonds. The lowest BCUT2D eigenvalue weighted by Crippen LogP contribution is -2.30. The first-order chi connectivity index (χ1) is 15.8. The number of halogens is 2. The van der Waals surface area contributed by atoms with E-state index < -0.39 is 21.7 Å². The smallest absolute Gasteiger partial charge is 0.243 e. The molecular weight excluding hydrogens is 468 g/mol. The van der Waals surface area contributed by atoms with Crippen LogP contribution in [0.15, 0.2) is 46.5 Å². The van der Waals surface area contributed by atoms with Crippen molar-refractivity contribution in [3.05, 3.63) is 53.6 Å². The predicted octanol–water partition coefficient (Wildman–Crippen LogP) is 4.82. The van der Waals surface area contributed by atoms with Gasteiger partial charge in [-0.05, 0) is 42.7 Å². The molecule has 1 saturated heterocycles. The van der Waals surface area contributed by atoms with Gasteiger partial charge in [0.1, 0.15) is 11.6 Å². The van der Waals surface area contributed by atoms with E-state index in [1.807, 2.05) is 4.57 Å². The minimum absolute atomic E-state index is 0.0448. The maximum atomic E-state index is 14.1. The standard InChI is InChI=1S/C23H27F2N3O3S2/c1-3-27(4-2)33(29,30)19-9-10-22-21(13-19)26-23(28(22)14-18-6-5-11-31-18)32-15-16-7-8-17(24)12-20(16)25/h7-10,12-13,18H,3-6,11,14-15H2,1-2H3/t18-/m0/s1. The van der Waals surface area contributed by atoms with Gasteiger partial charge >= 0.3 is 0 Å². The summed E-state index contributed by atoms with van der Waals surface area (Å²) in [6.07, 6.45) is 1.97. The molecule has 6 nitrogen and oxygen atoms in total. The molecule has 4 rings (SSSR count). The SMILES string of the molecule is CCN(CC)S(=O)(=O)c1ccc2c(c1)nc(SCc1ccc(F)cc1F)n2C[C@@H]1CCCO1. The van der Waals surface area contributed by atoms with Crippen LogP contribution >= 0.6 is 11.8 Å². The predicted molar refractivity (Wildman–Crippen MR) is 125 cm³/mol. The van der Waals surface area contributed by atoms with Crippen molar-refractivity contribution in [1.29, 1.82) is 0 Å². The number of rotatable bonds is 9. The van der Waals surface area contributed by atoms with Crippen LogP contribution in [-0.4, -0.2) is 48.1 Å². The van der Waals surface area contributed by atoms with Crippen molar-refractivity contribution in [1.82, 2.24) is 13.9 Å². The summed E-state index contributed by atoms with van der Waals surface area (Å²) in [4.78, 5) is 4.89. The highest BCUT2D eigenvalue weighted by Gasteiger charge is 2.25. The summed E-state index contributed by atoms with van der Waals surface area (Å²) >= 11 is 1.33. The molecule has 0 aliphatic carbocycles. The minimum Gasteiger partial charge on any atom is -0.376 e. The lowest BCUT2D eigenvalue weighted by molar-refractivity contribution is 0.0960. The van der Waals surface area contributed by atoms with E-state index in [-0.39, 0.29) is 16.8 Å². The third-order valence-electron chi connectivity index (χ3n) is 5.81. The molecule has 0 saturated carbocycles. The highest BCUT2D eigenvalue weighted by Crippen LogP contribution is 2.31. The van der Waals surface area contributed by atoms with Gasteiger partial charge in [-0.3, -0.25) is 0 Å². The van der Waals surface area contributed by atoms with Gasteiger partial charge in [0.05, 0.1) is 28.6 Å². The summed E-state index contributed by atoms with van der Waals surface area (Å²) in [5, 5.41) is 0.640. The van der Waals surface area contributed by atoms with E-state index in [4.69, 9.17) is 9.72 Å². The van der Waals surface area contributed by atoms with Crippen LogP contribution in [-0.2, 0) is 27.1 Å². The fourth-order valence-electron chi connectivity index (χ4n) is 4.02. The van der Waals surface area contributed by atoms with Crippen LogP contribution in [0.25, 0.3) is 11.0 Å². The van der Waals surface area contributed by atoms with Gasteiger partial charge < -0.3 is 9.30 Å². The number of thioether (sulfide) groups is 1. The Morgan fingerprint density at radius 1 is 1.18 bits per heavy atom. The number of benzene rings is 2. The van der Waals surface area contributed by atoms with Crippen LogP contribution in [0.2, 0.25) is 0 Å². The number of ether oxygens (including phenoxy) is 1. The first kappa shape index (κ1) is 24.1. The Labute approximate surface area is 197 Å². The molecule has 0 radical (unpaired) electrons. The Kier molecular flexibility index (Phi) is 7.37. The van der Waals surface area contributed by atoms with Crippen molar-refractivity contribution in [2.45, 2.75) is 55.1 Å². The lowest BCUT2D eigenvalue weighted by atomic mass is 10.2. The van der Waals surface area contributed by atoms with E-state index in [2.05, 4.69) is 0 Å². The largest absolute Gasteiger partial charge is 0.376 e. The van der Waals surface area contributed by atoms with Crippen molar-refractivity contribution in [3.63, 3.8) is 0 Å². The van der Waals surface area contributed by atoms with Crippen molar-refractivity contribution < 1.29 is 21.9 Å². The van der Waals surface area contributed by atoms with Gasteiger partial charge in [0.15, 0.2) is 5.16 Å². The number of nitrogens with zero attached hydrogens (tertiary/aromatic N) is 3. The third kappa shape index (κ3) is 5.08. The molecule has 1 aliphatic heterocycles. The van der Waals surface area contributed by atoms with Crippen LogP contribution in [0.1, 0.15) is 32.3 Å². The Morgan fingerprint density at radius 2 is 1.97 bits per heavy atom. The number of hydrogen-bond acceptors (Lipinski definition) is 5. The second-order valence-corrected chi connectivity index (χ2v) is 10.8. The number of imidazole rings is 1. The van der Waals surface area contributed by atoms with Gasteiger partial charge in [0.25, 0.3) is 0 Å². The van der Waals surface area contributed by atoms with Gasteiger partial charge in [-0.1, -0.05) is 31.7 Å². The summed E-state index contributed by atoms with van der Waals surface area (Å²) in [6.45, 7) is 5.67. The van der Waals surface area contributed by atoms with Gasteiger partial charge in [-0.2, -0.15) is 4.31 Å². The van der Waals surface area contributed by atoms with Gasteiger partial charge in [-0.25, -0.2) is 22.2 Å². The molecule has 0 unspecified atom stereocenters. The molecule has 0 bridgehead atoms. The topological polar surface area (TPSA) is 64.4 Å². The van der Waals surface area contributed by atoms with E-state index in [1.54, 1.807) is 32.0 Å². The fourth-order valence-corrected chi connectivity index (χ4v) is 6.51. The molecule has 1 aromatic heterocycles. The summed E-state index contributed by atoms with van der Waals surface area (Å²) in [5.74, 6) is -0.948. The van der Waals surface area contributed by atoms with E-state index in [0.717, 1.165) is 24.4 Å². The van der Waals surface area contributed by atoms with Crippen LogP contribution < -0.4 is 0 Å². The molecule has 3 aromatic rings. The Balaban J connectivity index is 1.70. The zero-order chi connectivity index (χ0) is 23.6. The van der Waals surface area contributed by atoms with Gasteiger partial charge in [0.2, 0.25) is 10.0 Å². The summed E-state index contributed by atoms with van der Waals surface area (Å²) < 4.78 is 62.6. The van der Waals surface area contributed by atoms with Gasteiger partial charge in [0, 0.05) is 31.5 Å². The number of sulfonamides is 1. The number of aromatic nitrogens is 2. The second-order valence-electron chi connectivity index (χ2n) is 7.90. The average molecular weight is 496 g/mol. The zero-order valence-electron chi connectivity index (χ0n) is 18.6. The van der Waals surface area contributed by atoms with E-state index in [0.29, 0.717) is 42.5 Å². The van der Waals surface area contributed by atoms with Crippen LogP contribution in [0, 0.1) is 11.6 Å². The summed E-state index contributed by atoms with van der Waals surface area (Å²) in [6, 6.07) is 8.51. The molecular formula is C23H27F2N3O3S2. The normalized spacial score (nSPS) is 16.8. The van der Waals surface area contributed by atoms with Crippen LogP contribution in [0.4, 0.5) is 8.78 Å². The quantitative estimate of drug-likeness (QED) is 0.399. The first-order valence-corrected chi connectivity index (χ1v) is 13.4. The van der Waals surface area contributed by atoms with Crippen molar-refractivity contribution >= 4 is 32.8 Å². The monoisotopic (exact) mass is 495 g/mol. The fraction of sp³-hybridized carbons (Fsp3) is 0.435. The Hall–Kier alpha value is -2.01. The van der Waals surface area contributed by atoms with Crippen molar-refractivity contribution in [2.75, 3.05) is 19.7 Å². The third-order valence-corrected chi connectivity index (χ3v) is 8.88. The van der Waals surface area contributed by atoms with E-state index >= 15 is 0 Å². The van der Waals surface area contributed by atoms with Crippen LogP contribution in [0.3, 0.4) is 0 Å². The molecule has 1 atom stereocenters. The summed E-state index contributed by atoms with van der Waals surface area (Å²) in [7, 11) is -3.62. The minimum atomic E-state index is -3.62. The maximum Gasteiger partial charge on any atom is 0.243 e. The Morgan fingerprint density at radius 3 is 2.64 bits per heavy atom. The molecule has 178 valence electrons. The van der Waals surface area contributed by atoms with Crippen LogP contribution in [0.5, 0.6) is 0 Å². The molecule has 0 N–H and O–H groups in total. The number of hydrogen-bond donors (Lipinski definition) is 0. The highest BCUT2D eigenvalue weighted by atomic mass is 32.2. The molecule has 2 aromatic carbocycles. The molecule has 1 fully saturated rings. The maximum absolute atomic E-state index is 14.1. The van der Waals surface area contributed by atoms with Crippen molar-refractivity contribution in [2.24, 2.45) is 0 Å². The molecule has 2 heterocycles. The first-order valence-electron chi connectivity index (χ1n) is 11.0. The Bertz CT molecular complexity index is 1240. The second kappa shape index (κ2) is 10.1. The van der Waals surface area contributed by atoms with Crippen molar-refractivity contribution in [3.8, 4) is 0 Å². The van der Waals surface area contributed by atoms with E-state index in [1.165, 1.54) is 28.2 Å². The molecule has 0 spiro atoms. The van der Waals surface area contributed by atoms with Gasteiger partial charge in [-0.15, -0.1) is 0 Å². The number of fused-ring (bicyclic) bond motifs is 1. The van der Waals surface area contributed by atoms with E-state index in [9.17, 15) is 17.2 Å². The molecule has 33 heavy (non-hydrogen) atoms. The molecule has 10 heteroatoms. The average Bonchev–Trinajstić information content (AvgIpc) is 3.42. The summed E-state index contributed by atoms with van der Waals surface area (Å²) in [5.41, 5.74) is 1.73. The zero-order valence-corrected chi connectivity index (χ0v) is 20.3. The lowest BCUT2D eigenvalue weighted by Gasteiger charge is -2.18. The molecule has 1 aliphatic rings. The highest BCUT2D eigenvalue weighted by molar-refractivity contribution is 7.98.